The number of fused-ring (bicyclic) bond motifs is 4. The number of hydrogen-bond acceptors (Lipinski definition) is 8. The van der Waals surface area contributed by atoms with Gasteiger partial charge in [0.25, 0.3) is 0 Å². The van der Waals surface area contributed by atoms with Crippen molar-refractivity contribution in [3.63, 3.8) is 0 Å². The molecule has 2 saturated carbocycles. The number of likely N-dealkylation sites (tertiary alicyclic amines) is 2. The smallest absolute Gasteiger partial charge is 0.407 e. The van der Waals surface area contributed by atoms with Gasteiger partial charge >= 0.3 is 12.2 Å². The average Bonchev–Trinajstić information content (AvgIpc) is 4.08. The van der Waals surface area contributed by atoms with Crippen LogP contribution in [0.5, 0.6) is 0 Å². The van der Waals surface area contributed by atoms with Crippen molar-refractivity contribution in [2.45, 2.75) is 102 Å². The van der Waals surface area contributed by atoms with Crippen LogP contribution in [0.1, 0.15) is 90.0 Å². The van der Waals surface area contributed by atoms with Gasteiger partial charge in [-0.3, -0.25) is 9.59 Å². The number of aromatic amines is 2. The van der Waals surface area contributed by atoms with Gasteiger partial charge in [-0.1, -0.05) is 62.4 Å². The van der Waals surface area contributed by atoms with E-state index in [9.17, 15) is 19.2 Å². The molecule has 14 nitrogen and oxygen atoms in total. The van der Waals surface area contributed by atoms with Crippen molar-refractivity contribution in [1.29, 1.82) is 0 Å². The van der Waals surface area contributed by atoms with Gasteiger partial charge in [0, 0.05) is 12.1 Å². The molecule has 7 atom stereocenters. The summed E-state index contributed by atoms with van der Waals surface area (Å²) in [6, 6.07) is 15.9. The van der Waals surface area contributed by atoms with Gasteiger partial charge in [-0.05, 0) is 92.4 Å². The van der Waals surface area contributed by atoms with Gasteiger partial charge in [0.05, 0.1) is 50.1 Å². The van der Waals surface area contributed by atoms with E-state index >= 15 is 0 Å². The molecule has 2 saturated heterocycles. The summed E-state index contributed by atoms with van der Waals surface area (Å²) in [5.74, 6) is 1.81. The van der Waals surface area contributed by atoms with Gasteiger partial charge < -0.3 is 39.9 Å². The largest absolute Gasteiger partial charge is 0.453 e. The Morgan fingerprint density at radius 3 is 1.63 bits per heavy atom. The highest BCUT2D eigenvalue weighted by atomic mass is 16.5. The maximum absolute atomic E-state index is 13.9. The van der Waals surface area contributed by atoms with Crippen molar-refractivity contribution in [3.8, 4) is 33.6 Å². The van der Waals surface area contributed by atoms with E-state index in [-0.39, 0.29) is 41.9 Å². The molecule has 2 aromatic heterocycles. The molecule has 7 unspecified atom stereocenters. The van der Waals surface area contributed by atoms with Crippen LogP contribution >= 0.6 is 0 Å². The minimum absolute atomic E-state index is 0.0939. The van der Waals surface area contributed by atoms with E-state index in [0.717, 1.165) is 83.8 Å². The fraction of sp³-hybridized carbons (Fsp3) is 0.488. The number of ether oxygens (including phenoxy) is 2. The van der Waals surface area contributed by atoms with Gasteiger partial charge in [0.1, 0.15) is 23.2 Å². The fourth-order valence-electron chi connectivity index (χ4n) is 9.78. The molecule has 4 amide bonds. The Morgan fingerprint density at radius 2 is 1.16 bits per heavy atom. The second kappa shape index (κ2) is 15.0. The monoisotopic (exact) mass is 776 g/mol. The van der Waals surface area contributed by atoms with E-state index in [1.54, 1.807) is 13.8 Å². The molecule has 2 aliphatic heterocycles. The van der Waals surface area contributed by atoms with Crippen molar-refractivity contribution in [3.05, 3.63) is 72.6 Å². The molecule has 14 heteroatoms. The Labute approximate surface area is 332 Å². The lowest BCUT2D eigenvalue weighted by Crippen LogP contribution is -2.58. The molecule has 8 rings (SSSR count). The standard InChI is InChI=1S/C43H52N8O6/c1-23(2)34(48-41(54)56-5)39(52)50-30-17-15-28(19-30)35(50)37-44-21-32(46-37)26-11-7-24(8-12-26)25-9-13-27(14-10-25)33-22-45-38(47-33)36-29-16-18-31(20-29)51(36)40(53)43(3,4)49-42(55)57-6/h7-14,21-23,28-31,34-36H,15-20H2,1-6H3,(H,44,46)(H,45,47)(H,48,54)(H,49,55). The summed E-state index contributed by atoms with van der Waals surface area (Å²) < 4.78 is 9.59. The number of alkyl carbamates (subject to hydrolysis) is 2. The number of aromatic nitrogens is 4. The number of hydrogen-bond donors (Lipinski definition) is 4. The molecule has 4 fully saturated rings. The number of nitrogens with zero attached hydrogens (tertiary/aromatic N) is 4. The number of H-pyrrole nitrogens is 2. The van der Waals surface area contributed by atoms with Crippen LogP contribution in [0.25, 0.3) is 33.6 Å². The van der Waals surface area contributed by atoms with Gasteiger partial charge in [0.15, 0.2) is 0 Å². The summed E-state index contributed by atoms with van der Waals surface area (Å²) in [5.41, 5.74) is 4.74. The van der Waals surface area contributed by atoms with Crippen LogP contribution in [0, 0.1) is 17.8 Å². The Kier molecular flexibility index (Phi) is 10.1. The zero-order valence-electron chi connectivity index (χ0n) is 33.4. The third-order valence-electron chi connectivity index (χ3n) is 12.7. The number of carbonyl (C=O) groups is 4. The van der Waals surface area contributed by atoms with Crippen molar-refractivity contribution in [2.75, 3.05) is 14.2 Å². The summed E-state index contributed by atoms with van der Waals surface area (Å²) in [5, 5.41) is 5.45. The molecule has 57 heavy (non-hydrogen) atoms. The Hall–Kier alpha value is -5.66. The number of amides is 4. The lowest BCUT2D eigenvalue weighted by molar-refractivity contribution is -0.142. The average molecular weight is 777 g/mol. The maximum Gasteiger partial charge on any atom is 0.407 e. The number of piperidine rings is 2. The SMILES string of the molecule is COC(=O)NC(C(=O)N1C2CCC(C2)C1c1ncc(-c2ccc(-c3ccc(-c4cnc(C5C6CCC(C6)N5C(=O)C(C)(C)NC(=O)OC)[nH]4)cc3)cc2)[nH]1)C(C)C. The summed E-state index contributed by atoms with van der Waals surface area (Å²) in [6.45, 7) is 7.27. The van der Waals surface area contributed by atoms with Crippen LogP contribution in [0.4, 0.5) is 9.59 Å². The molecule has 4 aliphatic rings. The van der Waals surface area contributed by atoms with Gasteiger partial charge in [-0.15, -0.1) is 0 Å². The number of carbonyl (C=O) groups excluding carboxylic acids is 4. The van der Waals surface area contributed by atoms with Crippen molar-refractivity contribution in [1.82, 2.24) is 40.4 Å². The second-order valence-electron chi connectivity index (χ2n) is 16.9. The van der Waals surface area contributed by atoms with Crippen LogP contribution in [0.2, 0.25) is 0 Å². The number of nitrogens with one attached hydrogen (secondary N) is 4. The minimum atomic E-state index is -1.12. The first-order valence-electron chi connectivity index (χ1n) is 20.0. The minimum Gasteiger partial charge on any atom is -0.453 e. The highest BCUT2D eigenvalue weighted by Crippen LogP contribution is 2.51. The third kappa shape index (κ3) is 7.03. The van der Waals surface area contributed by atoms with Gasteiger partial charge in [-0.2, -0.15) is 0 Å². The first-order valence-corrected chi connectivity index (χ1v) is 20.0. The molecular formula is C43H52N8O6. The highest BCUT2D eigenvalue weighted by molar-refractivity contribution is 5.90. The van der Waals surface area contributed by atoms with E-state index in [1.807, 2.05) is 36.0 Å². The molecule has 0 radical (unpaired) electrons. The highest BCUT2D eigenvalue weighted by Gasteiger charge is 2.53. The normalized spacial score (nSPS) is 24.2. The zero-order chi connectivity index (χ0) is 40.2. The van der Waals surface area contributed by atoms with Crippen LogP contribution in [-0.2, 0) is 19.1 Å². The predicted molar refractivity (Wildman–Crippen MR) is 212 cm³/mol. The number of imidazole rings is 2. The molecule has 2 aliphatic carbocycles. The van der Waals surface area contributed by atoms with E-state index in [1.165, 1.54) is 14.2 Å². The number of methoxy groups -OCH3 is 2. The zero-order valence-corrected chi connectivity index (χ0v) is 33.4. The van der Waals surface area contributed by atoms with E-state index in [4.69, 9.17) is 19.4 Å². The summed E-state index contributed by atoms with van der Waals surface area (Å²) in [4.78, 5) is 72.3. The summed E-state index contributed by atoms with van der Waals surface area (Å²) >= 11 is 0. The van der Waals surface area contributed by atoms with Crippen molar-refractivity contribution < 1.29 is 28.7 Å². The Balaban J connectivity index is 0.951. The Bertz CT molecular complexity index is 2140. The molecule has 4 bridgehead atoms. The summed E-state index contributed by atoms with van der Waals surface area (Å²) in [6.07, 6.45) is 8.25. The number of benzene rings is 2. The number of rotatable bonds is 10. The summed E-state index contributed by atoms with van der Waals surface area (Å²) in [7, 11) is 2.60. The first kappa shape index (κ1) is 38.2. The molecule has 300 valence electrons. The second-order valence-corrected chi connectivity index (χ2v) is 16.9. The maximum atomic E-state index is 13.9. The van der Waals surface area contributed by atoms with Crippen LogP contribution in [0.3, 0.4) is 0 Å². The molecule has 4 aromatic rings. The first-order chi connectivity index (χ1) is 27.4. The van der Waals surface area contributed by atoms with E-state index in [2.05, 4.69) is 69.1 Å². The van der Waals surface area contributed by atoms with Crippen molar-refractivity contribution >= 4 is 24.0 Å². The van der Waals surface area contributed by atoms with Crippen LogP contribution in [-0.4, -0.2) is 91.6 Å². The van der Waals surface area contributed by atoms with Gasteiger partial charge in [-0.25, -0.2) is 19.6 Å². The molecule has 4 heterocycles. The van der Waals surface area contributed by atoms with E-state index in [0.29, 0.717) is 11.8 Å². The molecular weight excluding hydrogens is 725 g/mol. The van der Waals surface area contributed by atoms with E-state index < -0.39 is 23.8 Å². The topological polar surface area (TPSA) is 175 Å². The molecule has 4 N–H and O–H groups in total. The van der Waals surface area contributed by atoms with Gasteiger partial charge in [0.2, 0.25) is 11.8 Å². The van der Waals surface area contributed by atoms with Crippen LogP contribution in [0.15, 0.2) is 60.9 Å². The Morgan fingerprint density at radius 1 is 0.702 bits per heavy atom. The molecule has 2 aromatic carbocycles. The van der Waals surface area contributed by atoms with Crippen LogP contribution < -0.4 is 10.6 Å². The fourth-order valence-corrected chi connectivity index (χ4v) is 9.78. The molecule has 0 spiro atoms. The third-order valence-corrected chi connectivity index (χ3v) is 12.7. The van der Waals surface area contributed by atoms with Crippen molar-refractivity contribution in [2.24, 2.45) is 17.8 Å². The lowest BCUT2D eigenvalue weighted by Gasteiger charge is -2.39. The lowest BCUT2D eigenvalue weighted by atomic mass is 9.95. The predicted octanol–water partition coefficient (Wildman–Crippen LogP) is 6.75. The quantitative estimate of drug-likeness (QED) is 0.137.